The van der Waals surface area contributed by atoms with Crippen LogP contribution < -0.4 is 9.47 Å². The van der Waals surface area contributed by atoms with Gasteiger partial charge in [0.2, 0.25) is 0 Å². The molecule has 9 heteroatoms. The summed E-state index contributed by atoms with van der Waals surface area (Å²) in [5.41, 5.74) is -0.866. The van der Waals surface area contributed by atoms with Crippen LogP contribution >= 0.6 is 0 Å². The smallest absolute Gasteiger partial charge is 0.416 e. The van der Waals surface area contributed by atoms with Crippen LogP contribution in [0.25, 0.3) is 0 Å². The minimum Gasteiger partial charge on any atom is -0.490 e. The van der Waals surface area contributed by atoms with Gasteiger partial charge in [-0.3, -0.25) is 4.18 Å². The maximum atomic E-state index is 13.0. The predicted octanol–water partition coefficient (Wildman–Crippen LogP) is 4.63. The molecule has 0 saturated carbocycles. The molecule has 0 saturated heterocycles. The quantitative estimate of drug-likeness (QED) is 0.601. The molecule has 0 aromatic heterocycles. The fraction of sp³-hybridized carbons (Fsp3) is 0.333. The Morgan fingerprint density at radius 2 is 1.70 bits per heavy atom. The molecule has 0 aliphatic heterocycles. The van der Waals surface area contributed by atoms with E-state index in [0.29, 0.717) is 5.75 Å². The summed E-state index contributed by atoms with van der Waals surface area (Å²) in [6.07, 6.45) is -4.00. The molecule has 0 spiro atoms. The zero-order valence-corrected chi connectivity index (χ0v) is 15.5. The van der Waals surface area contributed by atoms with Gasteiger partial charge in [0.05, 0.1) is 24.5 Å². The first-order chi connectivity index (χ1) is 12.5. The van der Waals surface area contributed by atoms with Crippen molar-refractivity contribution in [2.75, 3.05) is 12.9 Å². The molecule has 0 N–H and O–H groups in total. The van der Waals surface area contributed by atoms with E-state index in [4.69, 9.17) is 13.7 Å². The van der Waals surface area contributed by atoms with Gasteiger partial charge in [0.1, 0.15) is 5.75 Å². The number of rotatable bonds is 8. The summed E-state index contributed by atoms with van der Waals surface area (Å²) in [6, 6.07) is 11.3. The number of ether oxygens (including phenoxy) is 2. The van der Waals surface area contributed by atoms with E-state index in [-0.39, 0.29) is 24.5 Å². The summed E-state index contributed by atoms with van der Waals surface area (Å²) in [4.78, 5) is 0. The third-order valence-electron chi connectivity index (χ3n) is 3.36. The van der Waals surface area contributed by atoms with Gasteiger partial charge < -0.3 is 9.47 Å². The molecule has 5 nitrogen and oxygen atoms in total. The second-order valence-corrected chi connectivity index (χ2v) is 7.42. The van der Waals surface area contributed by atoms with Crippen molar-refractivity contribution in [2.45, 2.75) is 25.6 Å². The van der Waals surface area contributed by atoms with E-state index in [1.54, 1.807) is 37.3 Å². The summed E-state index contributed by atoms with van der Waals surface area (Å²) in [6.45, 7) is 1.59. The summed E-state index contributed by atoms with van der Waals surface area (Å²) in [5, 5.41) is 0. The van der Waals surface area contributed by atoms with Gasteiger partial charge in [-0.25, -0.2) is 0 Å². The van der Waals surface area contributed by atoms with Crippen LogP contribution in [0.4, 0.5) is 13.2 Å². The van der Waals surface area contributed by atoms with Crippen molar-refractivity contribution in [3.8, 4) is 17.2 Å². The molecular formula is C18H19F3O5S. The van der Waals surface area contributed by atoms with E-state index in [9.17, 15) is 21.6 Å². The van der Waals surface area contributed by atoms with Crippen molar-refractivity contribution in [3.63, 3.8) is 0 Å². The Labute approximate surface area is 155 Å². The molecule has 0 unspecified atom stereocenters. The fourth-order valence-corrected chi connectivity index (χ4v) is 2.87. The number of para-hydroxylation sites is 1. The second-order valence-electron chi connectivity index (χ2n) is 5.82. The Balaban J connectivity index is 2.14. The van der Waals surface area contributed by atoms with Crippen molar-refractivity contribution in [2.24, 2.45) is 0 Å². The van der Waals surface area contributed by atoms with E-state index in [1.165, 1.54) is 6.07 Å². The lowest BCUT2D eigenvalue weighted by molar-refractivity contribution is -0.137. The Kier molecular flexibility index (Phi) is 6.72. The van der Waals surface area contributed by atoms with Gasteiger partial charge in [0.25, 0.3) is 10.1 Å². The zero-order chi connectivity index (χ0) is 20.1. The Bertz CT molecular complexity index is 851. The van der Waals surface area contributed by atoms with Crippen molar-refractivity contribution < 1.29 is 35.2 Å². The lowest BCUT2D eigenvalue weighted by Crippen LogP contribution is -2.17. The number of hydrogen-bond donors (Lipinski definition) is 0. The standard InChI is InChI=1S/C18H19F3O5S/c1-13(26-27(2,22)23)10-11-24-16-9-8-14(18(19,20)21)12-17(16)25-15-6-4-3-5-7-15/h3-9,12-13H,10-11H2,1-2H3/t13-/m0/s1. The minimum absolute atomic E-state index is 0.0349. The lowest BCUT2D eigenvalue weighted by atomic mass is 10.2. The normalized spacial score (nSPS) is 13.2. The van der Waals surface area contributed by atoms with Gasteiger partial charge in [0.15, 0.2) is 11.5 Å². The predicted molar refractivity (Wildman–Crippen MR) is 93.5 cm³/mol. The van der Waals surface area contributed by atoms with E-state index < -0.39 is 28.0 Å². The largest absolute Gasteiger partial charge is 0.490 e. The first-order valence-electron chi connectivity index (χ1n) is 8.00. The number of hydrogen-bond acceptors (Lipinski definition) is 5. The van der Waals surface area contributed by atoms with Gasteiger partial charge in [-0.2, -0.15) is 21.6 Å². The van der Waals surface area contributed by atoms with Crippen molar-refractivity contribution in [1.82, 2.24) is 0 Å². The Morgan fingerprint density at radius 1 is 1.04 bits per heavy atom. The summed E-state index contributed by atoms with van der Waals surface area (Å²) < 4.78 is 76.9. The highest BCUT2D eigenvalue weighted by Crippen LogP contribution is 2.38. The summed E-state index contributed by atoms with van der Waals surface area (Å²) >= 11 is 0. The van der Waals surface area contributed by atoms with Crippen molar-refractivity contribution in [3.05, 3.63) is 54.1 Å². The van der Waals surface area contributed by atoms with Crippen LogP contribution in [0.1, 0.15) is 18.9 Å². The van der Waals surface area contributed by atoms with Gasteiger partial charge >= 0.3 is 6.18 Å². The molecule has 0 radical (unpaired) electrons. The van der Waals surface area contributed by atoms with Crippen LogP contribution in [0, 0.1) is 0 Å². The van der Waals surface area contributed by atoms with Crippen molar-refractivity contribution in [1.29, 1.82) is 0 Å². The van der Waals surface area contributed by atoms with Gasteiger partial charge in [-0.05, 0) is 37.3 Å². The third kappa shape index (κ3) is 7.10. The Hall–Kier alpha value is -2.26. The first-order valence-corrected chi connectivity index (χ1v) is 9.81. The maximum absolute atomic E-state index is 13.0. The van der Waals surface area contributed by atoms with Crippen LogP contribution in [0.5, 0.6) is 17.2 Å². The van der Waals surface area contributed by atoms with Crippen LogP contribution in [0.15, 0.2) is 48.5 Å². The molecule has 2 aromatic carbocycles. The average molecular weight is 404 g/mol. The molecule has 2 rings (SSSR count). The average Bonchev–Trinajstić information content (AvgIpc) is 2.54. The van der Waals surface area contributed by atoms with Gasteiger partial charge in [-0.1, -0.05) is 18.2 Å². The molecule has 0 bridgehead atoms. The van der Waals surface area contributed by atoms with E-state index in [0.717, 1.165) is 18.4 Å². The van der Waals surface area contributed by atoms with Crippen molar-refractivity contribution >= 4 is 10.1 Å². The van der Waals surface area contributed by atoms with Gasteiger partial charge in [0, 0.05) is 6.42 Å². The van der Waals surface area contributed by atoms with Gasteiger partial charge in [-0.15, -0.1) is 0 Å². The SMILES string of the molecule is C[C@@H](CCOc1ccc(C(F)(F)F)cc1Oc1ccccc1)OS(C)(=O)=O. The number of halogens is 3. The lowest BCUT2D eigenvalue weighted by Gasteiger charge is -2.16. The molecule has 2 aromatic rings. The highest BCUT2D eigenvalue weighted by molar-refractivity contribution is 7.86. The molecule has 1 atom stereocenters. The highest BCUT2D eigenvalue weighted by atomic mass is 32.2. The van der Waals surface area contributed by atoms with E-state index in [1.807, 2.05) is 0 Å². The molecule has 148 valence electrons. The third-order valence-corrected chi connectivity index (χ3v) is 4.04. The Morgan fingerprint density at radius 3 is 2.30 bits per heavy atom. The van der Waals surface area contributed by atoms with Crippen LogP contribution in [0.3, 0.4) is 0 Å². The van der Waals surface area contributed by atoms with Crippen LogP contribution in [0.2, 0.25) is 0 Å². The van der Waals surface area contributed by atoms with E-state index in [2.05, 4.69) is 0 Å². The molecule has 0 aliphatic rings. The highest BCUT2D eigenvalue weighted by Gasteiger charge is 2.31. The molecule has 0 amide bonds. The zero-order valence-electron chi connectivity index (χ0n) is 14.7. The molecular weight excluding hydrogens is 385 g/mol. The number of benzene rings is 2. The molecule has 0 fully saturated rings. The minimum atomic E-state index is -4.52. The van der Waals surface area contributed by atoms with Crippen LogP contribution in [-0.4, -0.2) is 27.4 Å². The topological polar surface area (TPSA) is 61.8 Å². The molecule has 0 aliphatic carbocycles. The summed E-state index contributed by atoms with van der Waals surface area (Å²) in [5.74, 6) is 0.376. The monoisotopic (exact) mass is 404 g/mol. The maximum Gasteiger partial charge on any atom is 0.416 e. The second kappa shape index (κ2) is 8.62. The van der Waals surface area contributed by atoms with Crippen LogP contribution in [-0.2, 0) is 20.5 Å². The van der Waals surface area contributed by atoms with E-state index >= 15 is 0 Å². The summed E-state index contributed by atoms with van der Waals surface area (Å²) in [7, 11) is -3.59. The first kappa shape index (κ1) is 21.0. The number of alkyl halides is 3. The fourth-order valence-electron chi connectivity index (χ4n) is 2.18. The molecule has 0 heterocycles. The molecule has 27 heavy (non-hydrogen) atoms.